The van der Waals surface area contributed by atoms with Gasteiger partial charge in [0.1, 0.15) is 5.75 Å². The van der Waals surface area contributed by atoms with Crippen LogP contribution >= 0.6 is 0 Å². The molecule has 2 aromatic carbocycles. The molecule has 21 heavy (non-hydrogen) atoms. The average Bonchev–Trinajstić information content (AvgIpc) is 2.52. The molecule has 1 atom stereocenters. The van der Waals surface area contributed by atoms with Crippen LogP contribution in [-0.4, -0.2) is 20.2 Å². The Morgan fingerprint density at radius 3 is 2.52 bits per heavy atom. The third-order valence-electron chi connectivity index (χ3n) is 3.19. The SMILES string of the molecule is COC(=O)C(Nc1cccc(OC)c1)c1cccc(C)c1. The molecule has 0 aliphatic carbocycles. The summed E-state index contributed by atoms with van der Waals surface area (Å²) in [5.74, 6) is 0.399. The fourth-order valence-corrected chi connectivity index (χ4v) is 2.13. The Hall–Kier alpha value is -2.49. The minimum Gasteiger partial charge on any atom is -0.497 e. The zero-order valence-electron chi connectivity index (χ0n) is 12.4. The highest BCUT2D eigenvalue weighted by atomic mass is 16.5. The lowest BCUT2D eigenvalue weighted by Crippen LogP contribution is -2.22. The molecule has 0 bridgehead atoms. The maximum Gasteiger partial charge on any atom is 0.332 e. The maximum absolute atomic E-state index is 12.1. The van der Waals surface area contributed by atoms with E-state index >= 15 is 0 Å². The molecule has 2 aromatic rings. The van der Waals surface area contributed by atoms with Crippen molar-refractivity contribution in [1.82, 2.24) is 0 Å². The molecule has 4 nitrogen and oxygen atoms in total. The van der Waals surface area contributed by atoms with E-state index in [1.54, 1.807) is 7.11 Å². The lowest BCUT2D eigenvalue weighted by Gasteiger charge is -2.19. The Balaban J connectivity index is 2.30. The maximum atomic E-state index is 12.1. The third kappa shape index (κ3) is 3.75. The van der Waals surface area contributed by atoms with Crippen LogP contribution in [0, 0.1) is 6.92 Å². The van der Waals surface area contributed by atoms with Gasteiger partial charge in [0.15, 0.2) is 6.04 Å². The summed E-state index contributed by atoms with van der Waals surface area (Å²) in [5.41, 5.74) is 2.75. The largest absolute Gasteiger partial charge is 0.497 e. The summed E-state index contributed by atoms with van der Waals surface area (Å²) < 4.78 is 10.1. The topological polar surface area (TPSA) is 47.6 Å². The number of esters is 1. The highest BCUT2D eigenvalue weighted by molar-refractivity contribution is 5.81. The van der Waals surface area contributed by atoms with Crippen LogP contribution in [0.4, 0.5) is 5.69 Å². The lowest BCUT2D eigenvalue weighted by atomic mass is 10.0. The number of aryl methyl sites for hydroxylation is 1. The second-order valence-corrected chi connectivity index (χ2v) is 4.75. The van der Waals surface area contributed by atoms with Gasteiger partial charge in [0, 0.05) is 11.8 Å². The van der Waals surface area contributed by atoms with Crippen LogP contribution in [0.5, 0.6) is 5.75 Å². The van der Waals surface area contributed by atoms with Crippen LogP contribution in [0.25, 0.3) is 0 Å². The van der Waals surface area contributed by atoms with Crippen molar-refractivity contribution < 1.29 is 14.3 Å². The van der Waals surface area contributed by atoms with Gasteiger partial charge in [-0.3, -0.25) is 0 Å². The fourth-order valence-electron chi connectivity index (χ4n) is 2.13. The molecule has 1 N–H and O–H groups in total. The van der Waals surface area contributed by atoms with Crippen LogP contribution in [-0.2, 0) is 9.53 Å². The number of methoxy groups -OCH3 is 2. The van der Waals surface area contributed by atoms with Gasteiger partial charge in [0.05, 0.1) is 14.2 Å². The zero-order valence-corrected chi connectivity index (χ0v) is 12.4. The third-order valence-corrected chi connectivity index (χ3v) is 3.19. The van der Waals surface area contributed by atoms with Crippen LogP contribution in [0.3, 0.4) is 0 Å². The van der Waals surface area contributed by atoms with Crippen molar-refractivity contribution in [2.75, 3.05) is 19.5 Å². The van der Waals surface area contributed by atoms with E-state index < -0.39 is 6.04 Å². The number of nitrogens with one attached hydrogen (secondary N) is 1. The summed E-state index contributed by atoms with van der Waals surface area (Å²) in [5, 5.41) is 3.19. The van der Waals surface area contributed by atoms with Gasteiger partial charge < -0.3 is 14.8 Å². The summed E-state index contributed by atoms with van der Waals surface area (Å²) in [7, 11) is 3.00. The van der Waals surface area contributed by atoms with Gasteiger partial charge in [0.2, 0.25) is 0 Å². The fraction of sp³-hybridized carbons (Fsp3) is 0.235. The number of benzene rings is 2. The molecule has 0 fully saturated rings. The van der Waals surface area contributed by atoms with Gasteiger partial charge >= 0.3 is 5.97 Å². The smallest absolute Gasteiger partial charge is 0.332 e. The predicted octanol–water partition coefficient (Wildman–Crippen LogP) is 3.33. The summed E-state index contributed by atoms with van der Waals surface area (Å²) in [6, 6.07) is 14.7. The molecule has 0 spiro atoms. The quantitative estimate of drug-likeness (QED) is 0.856. The Morgan fingerprint density at radius 1 is 1.10 bits per heavy atom. The predicted molar refractivity (Wildman–Crippen MR) is 82.6 cm³/mol. The number of carbonyl (C=O) groups is 1. The number of hydrogen-bond donors (Lipinski definition) is 1. The van der Waals surface area contributed by atoms with E-state index in [1.165, 1.54) is 7.11 Å². The summed E-state index contributed by atoms with van der Waals surface area (Å²) >= 11 is 0. The summed E-state index contributed by atoms with van der Waals surface area (Å²) in [6.45, 7) is 1.99. The molecule has 0 aliphatic heterocycles. The van der Waals surface area contributed by atoms with Crippen molar-refractivity contribution in [2.45, 2.75) is 13.0 Å². The number of carbonyl (C=O) groups excluding carboxylic acids is 1. The number of anilines is 1. The van der Waals surface area contributed by atoms with Crippen LogP contribution in [0.1, 0.15) is 17.2 Å². The number of rotatable bonds is 5. The summed E-state index contributed by atoms with van der Waals surface area (Å²) in [4.78, 5) is 12.1. The summed E-state index contributed by atoms with van der Waals surface area (Å²) in [6.07, 6.45) is 0. The normalized spacial score (nSPS) is 11.6. The monoisotopic (exact) mass is 285 g/mol. The van der Waals surface area contributed by atoms with Crippen molar-refractivity contribution in [3.05, 3.63) is 59.7 Å². The standard InChI is InChI=1S/C17H19NO3/c1-12-6-4-7-13(10-12)16(17(19)21-3)18-14-8-5-9-15(11-14)20-2/h4-11,16,18H,1-3H3. The second-order valence-electron chi connectivity index (χ2n) is 4.75. The molecule has 1 unspecified atom stereocenters. The molecule has 0 heterocycles. The first-order chi connectivity index (χ1) is 10.1. The minimum absolute atomic E-state index is 0.330. The Kier molecular flexibility index (Phi) is 4.82. The second kappa shape index (κ2) is 6.79. The van der Waals surface area contributed by atoms with E-state index in [4.69, 9.17) is 9.47 Å². The van der Waals surface area contributed by atoms with E-state index in [1.807, 2.05) is 55.5 Å². The van der Waals surface area contributed by atoms with Gasteiger partial charge in [0.25, 0.3) is 0 Å². The molecule has 0 saturated carbocycles. The van der Waals surface area contributed by atoms with Crippen LogP contribution < -0.4 is 10.1 Å². The Morgan fingerprint density at radius 2 is 1.86 bits per heavy atom. The first kappa shape index (κ1) is 14.9. The highest BCUT2D eigenvalue weighted by Crippen LogP contribution is 2.24. The molecule has 0 amide bonds. The van der Waals surface area contributed by atoms with Gasteiger partial charge in [-0.05, 0) is 24.6 Å². The van der Waals surface area contributed by atoms with Gasteiger partial charge in [-0.15, -0.1) is 0 Å². The van der Waals surface area contributed by atoms with E-state index in [-0.39, 0.29) is 5.97 Å². The van der Waals surface area contributed by atoms with E-state index in [2.05, 4.69) is 5.32 Å². The molecule has 0 saturated heterocycles. The number of ether oxygens (including phenoxy) is 2. The first-order valence-electron chi connectivity index (χ1n) is 6.69. The number of hydrogen-bond acceptors (Lipinski definition) is 4. The van der Waals surface area contributed by atoms with Gasteiger partial charge in [-0.2, -0.15) is 0 Å². The van der Waals surface area contributed by atoms with E-state index in [0.717, 1.165) is 22.6 Å². The zero-order chi connectivity index (χ0) is 15.2. The minimum atomic E-state index is -0.554. The van der Waals surface area contributed by atoms with Crippen LogP contribution in [0.15, 0.2) is 48.5 Å². The van der Waals surface area contributed by atoms with Crippen molar-refractivity contribution in [1.29, 1.82) is 0 Å². The van der Waals surface area contributed by atoms with Crippen molar-refractivity contribution in [3.8, 4) is 5.75 Å². The molecule has 4 heteroatoms. The molecule has 0 aromatic heterocycles. The molecular formula is C17H19NO3. The van der Waals surface area contributed by atoms with Crippen LogP contribution in [0.2, 0.25) is 0 Å². The molecular weight excluding hydrogens is 266 g/mol. The van der Waals surface area contributed by atoms with Crippen molar-refractivity contribution in [3.63, 3.8) is 0 Å². The highest BCUT2D eigenvalue weighted by Gasteiger charge is 2.21. The Labute approximate surface area is 124 Å². The molecule has 2 rings (SSSR count). The van der Waals surface area contributed by atoms with Gasteiger partial charge in [-0.25, -0.2) is 4.79 Å². The van der Waals surface area contributed by atoms with Crippen molar-refractivity contribution in [2.24, 2.45) is 0 Å². The molecule has 0 aliphatic rings. The van der Waals surface area contributed by atoms with Crippen molar-refractivity contribution >= 4 is 11.7 Å². The lowest BCUT2D eigenvalue weighted by molar-refractivity contribution is -0.141. The molecule has 110 valence electrons. The average molecular weight is 285 g/mol. The Bertz CT molecular complexity index is 625. The molecule has 0 radical (unpaired) electrons. The van der Waals surface area contributed by atoms with Gasteiger partial charge in [-0.1, -0.05) is 35.9 Å². The van der Waals surface area contributed by atoms with E-state index in [9.17, 15) is 4.79 Å². The first-order valence-corrected chi connectivity index (χ1v) is 6.69. The van der Waals surface area contributed by atoms with E-state index in [0.29, 0.717) is 0 Å².